The number of hydrogen-bond acceptors (Lipinski definition) is 2. The summed E-state index contributed by atoms with van der Waals surface area (Å²) in [6, 6.07) is 6.34. The Morgan fingerprint density at radius 1 is 1.29 bits per heavy atom. The molecule has 89 valence electrons. The van der Waals surface area contributed by atoms with Crippen molar-refractivity contribution in [1.82, 2.24) is 14.8 Å². The summed E-state index contributed by atoms with van der Waals surface area (Å²) in [5, 5.41) is 3.40. The molecule has 1 radical (unpaired) electrons. The van der Waals surface area contributed by atoms with E-state index >= 15 is 0 Å². The molecule has 2 aromatic rings. The van der Waals surface area contributed by atoms with Crippen LogP contribution in [0.1, 0.15) is 17.0 Å². The van der Waals surface area contributed by atoms with Gasteiger partial charge in [0.15, 0.2) is 0 Å². The smallest absolute Gasteiger partial charge is 0.220 e. The molecule has 17 heavy (non-hydrogen) atoms. The molecule has 0 unspecified atom stereocenters. The van der Waals surface area contributed by atoms with Crippen molar-refractivity contribution in [1.29, 1.82) is 0 Å². The van der Waals surface area contributed by atoms with Crippen molar-refractivity contribution in [2.75, 3.05) is 0 Å². The average Bonchev–Trinajstić information content (AvgIpc) is 2.65. The molecule has 0 atom stereocenters. The van der Waals surface area contributed by atoms with Crippen LogP contribution in [0.4, 0.5) is 13.2 Å². The minimum absolute atomic E-state index is 0.540. The highest BCUT2D eigenvalue weighted by Gasteiger charge is 2.35. The molecule has 6 heteroatoms. The van der Waals surface area contributed by atoms with E-state index in [1.807, 2.05) is 13.0 Å². The van der Waals surface area contributed by atoms with E-state index in [-0.39, 0.29) is 0 Å². The molecule has 0 amide bonds. The predicted octanol–water partition coefficient (Wildman–Crippen LogP) is 2.70. The summed E-state index contributed by atoms with van der Waals surface area (Å²) in [5.74, 6) is -1.14. The van der Waals surface area contributed by atoms with Gasteiger partial charge in [-0.15, -0.1) is 5.10 Å². The largest absolute Gasteiger partial charge is 0.453 e. The van der Waals surface area contributed by atoms with Gasteiger partial charge in [-0.3, -0.25) is 0 Å². The monoisotopic (exact) mass is 240 g/mol. The van der Waals surface area contributed by atoms with Crippen molar-refractivity contribution in [3.05, 3.63) is 41.5 Å². The number of hydrogen-bond donors (Lipinski definition) is 0. The lowest BCUT2D eigenvalue weighted by Gasteiger charge is -2.05. The van der Waals surface area contributed by atoms with E-state index in [4.69, 9.17) is 0 Å². The van der Waals surface area contributed by atoms with E-state index in [1.54, 1.807) is 13.0 Å². The number of aromatic nitrogens is 3. The first-order valence-corrected chi connectivity index (χ1v) is 4.86. The molecule has 0 aliphatic heterocycles. The van der Waals surface area contributed by atoms with Crippen LogP contribution in [0, 0.1) is 19.9 Å². The second-order valence-electron chi connectivity index (χ2n) is 3.69. The maximum absolute atomic E-state index is 12.3. The third-order valence-corrected chi connectivity index (χ3v) is 2.27. The highest BCUT2D eigenvalue weighted by atomic mass is 19.4. The third-order valence-electron chi connectivity index (χ3n) is 2.27. The van der Waals surface area contributed by atoms with E-state index in [0.717, 1.165) is 22.1 Å². The van der Waals surface area contributed by atoms with Crippen LogP contribution in [0.5, 0.6) is 0 Å². The fourth-order valence-corrected chi connectivity index (χ4v) is 1.49. The minimum atomic E-state index is -4.52. The van der Waals surface area contributed by atoms with Crippen LogP contribution in [0.2, 0.25) is 0 Å². The molecule has 3 nitrogen and oxygen atoms in total. The lowest BCUT2D eigenvalue weighted by molar-refractivity contribution is -0.144. The Hall–Kier alpha value is -1.85. The summed E-state index contributed by atoms with van der Waals surface area (Å²) in [7, 11) is 0. The van der Waals surface area contributed by atoms with Gasteiger partial charge in [0.05, 0.1) is 5.69 Å². The normalized spacial score (nSPS) is 11.8. The van der Waals surface area contributed by atoms with Crippen molar-refractivity contribution in [3.8, 4) is 5.69 Å². The summed E-state index contributed by atoms with van der Waals surface area (Å²) < 4.78 is 38.1. The molecular formula is C11H9F3N3. The van der Waals surface area contributed by atoms with Gasteiger partial charge in [-0.25, -0.2) is 9.67 Å². The molecule has 1 heterocycles. The lowest BCUT2D eigenvalue weighted by atomic mass is 10.1. The predicted molar refractivity (Wildman–Crippen MR) is 54.7 cm³/mol. The van der Waals surface area contributed by atoms with Crippen LogP contribution in [0.25, 0.3) is 5.69 Å². The molecular weight excluding hydrogens is 231 g/mol. The van der Waals surface area contributed by atoms with Crippen molar-refractivity contribution >= 4 is 0 Å². The van der Waals surface area contributed by atoms with Gasteiger partial charge in [0.1, 0.15) is 6.33 Å². The van der Waals surface area contributed by atoms with Gasteiger partial charge in [0, 0.05) is 0 Å². The maximum Gasteiger partial charge on any atom is 0.453 e. The van der Waals surface area contributed by atoms with E-state index in [1.165, 1.54) is 0 Å². The molecule has 0 spiro atoms. The molecule has 0 bridgehead atoms. The zero-order valence-corrected chi connectivity index (χ0v) is 9.21. The Labute approximate surface area is 95.9 Å². The summed E-state index contributed by atoms with van der Waals surface area (Å²) >= 11 is 0. The summed E-state index contributed by atoms with van der Waals surface area (Å²) in [4.78, 5) is 3.24. The number of halogens is 3. The van der Waals surface area contributed by atoms with E-state index in [0.29, 0.717) is 5.69 Å². The van der Waals surface area contributed by atoms with Gasteiger partial charge >= 0.3 is 6.18 Å². The van der Waals surface area contributed by atoms with Crippen molar-refractivity contribution < 1.29 is 13.2 Å². The van der Waals surface area contributed by atoms with Gasteiger partial charge in [-0.05, 0) is 37.1 Å². The van der Waals surface area contributed by atoms with Gasteiger partial charge in [0.25, 0.3) is 5.82 Å². The quantitative estimate of drug-likeness (QED) is 0.767. The lowest BCUT2D eigenvalue weighted by Crippen LogP contribution is -2.09. The Morgan fingerprint density at radius 2 is 2.00 bits per heavy atom. The van der Waals surface area contributed by atoms with Gasteiger partial charge < -0.3 is 0 Å². The van der Waals surface area contributed by atoms with Crippen LogP contribution in [-0.2, 0) is 6.18 Å². The SMILES string of the molecule is Cc1[c]cc(-n2cnc(C(F)(F)F)n2)c(C)c1. The average molecular weight is 240 g/mol. The summed E-state index contributed by atoms with van der Waals surface area (Å²) in [5.41, 5.74) is 2.28. The molecule has 0 aliphatic carbocycles. The maximum atomic E-state index is 12.3. The highest BCUT2D eigenvalue weighted by molar-refractivity contribution is 5.40. The van der Waals surface area contributed by atoms with Gasteiger partial charge in [-0.1, -0.05) is 6.07 Å². The number of nitrogens with zero attached hydrogens (tertiary/aromatic N) is 3. The van der Waals surface area contributed by atoms with Crippen LogP contribution in [-0.4, -0.2) is 14.8 Å². The molecule has 0 aliphatic rings. The number of benzene rings is 1. The molecule has 1 aromatic heterocycles. The Bertz CT molecular complexity index is 543. The molecule has 0 saturated heterocycles. The van der Waals surface area contributed by atoms with Crippen LogP contribution in [0.3, 0.4) is 0 Å². The van der Waals surface area contributed by atoms with Crippen LogP contribution < -0.4 is 0 Å². The topological polar surface area (TPSA) is 30.7 Å². The first-order chi connectivity index (χ1) is 7.88. The zero-order chi connectivity index (χ0) is 12.6. The number of alkyl halides is 3. The highest BCUT2D eigenvalue weighted by Crippen LogP contribution is 2.26. The fourth-order valence-electron chi connectivity index (χ4n) is 1.49. The summed E-state index contributed by atoms with van der Waals surface area (Å²) in [6.07, 6.45) is -3.47. The Kier molecular flexibility index (Phi) is 2.65. The van der Waals surface area contributed by atoms with Gasteiger partial charge in [-0.2, -0.15) is 13.2 Å². The zero-order valence-electron chi connectivity index (χ0n) is 9.21. The third kappa shape index (κ3) is 2.30. The molecule has 0 saturated carbocycles. The van der Waals surface area contributed by atoms with Crippen molar-refractivity contribution in [2.45, 2.75) is 20.0 Å². The van der Waals surface area contributed by atoms with E-state index < -0.39 is 12.0 Å². The fraction of sp³-hybridized carbons (Fsp3) is 0.273. The van der Waals surface area contributed by atoms with E-state index in [9.17, 15) is 13.2 Å². The van der Waals surface area contributed by atoms with Gasteiger partial charge in [0.2, 0.25) is 0 Å². The molecule has 2 rings (SSSR count). The standard InChI is InChI=1S/C11H9F3N3/c1-7-3-4-9(8(2)5-7)17-6-15-10(16-17)11(12,13)14/h4-6H,1-2H3. The molecule has 1 aromatic carbocycles. The first-order valence-electron chi connectivity index (χ1n) is 4.86. The Morgan fingerprint density at radius 3 is 2.53 bits per heavy atom. The first kappa shape index (κ1) is 11.6. The minimum Gasteiger partial charge on any atom is -0.220 e. The molecule has 0 fully saturated rings. The second kappa shape index (κ2) is 3.87. The summed E-state index contributed by atoms with van der Waals surface area (Å²) in [6.45, 7) is 3.66. The van der Waals surface area contributed by atoms with Crippen molar-refractivity contribution in [3.63, 3.8) is 0 Å². The van der Waals surface area contributed by atoms with Crippen LogP contribution >= 0.6 is 0 Å². The second-order valence-corrected chi connectivity index (χ2v) is 3.69. The number of rotatable bonds is 1. The Balaban J connectivity index is 2.44. The molecule has 0 N–H and O–H groups in total. The number of aryl methyl sites for hydroxylation is 2. The van der Waals surface area contributed by atoms with Crippen molar-refractivity contribution in [2.24, 2.45) is 0 Å². The van der Waals surface area contributed by atoms with E-state index in [2.05, 4.69) is 16.1 Å². The van der Waals surface area contributed by atoms with Crippen LogP contribution in [0.15, 0.2) is 18.5 Å².